The lowest BCUT2D eigenvalue weighted by Crippen LogP contribution is -2.31. The molecule has 1 aliphatic heterocycles. The van der Waals surface area contributed by atoms with E-state index in [2.05, 4.69) is 32.3 Å². The Bertz CT molecular complexity index is 994. The molecule has 0 radical (unpaired) electrons. The number of methoxy groups -OCH3 is 2. The molecule has 0 fully saturated rings. The molecule has 0 saturated carbocycles. The summed E-state index contributed by atoms with van der Waals surface area (Å²) in [4.78, 5) is 15.7. The molecule has 0 atom stereocenters. The molecule has 7 nitrogen and oxygen atoms in total. The van der Waals surface area contributed by atoms with Crippen molar-refractivity contribution in [2.75, 3.05) is 31.0 Å². The van der Waals surface area contributed by atoms with Gasteiger partial charge in [0.2, 0.25) is 5.95 Å². The minimum Gasteiger partial charge on any atom is -0.493 e. The monoisotopic (exact) mass is 391 g/mol. The average molecular weight is 391 g/mol. The van der Waals surface area contributed by atoms with E-state index in [1.54, 1.807) is 20.4 Å². The van der Waals surface area contributed by atoms with Gasteiger partial charge in [0, 0.05) is 43.8 Å². The number of anilines is 2. The van der Waals surface area contributed by atoms with Crippen molar-refractivity contribution >= 4 is 11.8 Å². The van der Waals surface area contributed by atoms with E-state index in [1.165, 1.54) is 11.1 Å². The third kappa shape index (κ3) is 4.23. The van der Waals surface area contributed by atoms with Crippen LogP contribution in [-0.4, -0.2) is 35.7 Å². The summed E-state index contributed by atoms with van der Waals surface area (Å²) in [6, 6.07) is 10.1. The van der Waals surface area contributed by atoms with E-state index in [0.717, 1.165) is 48.1 Å². The Labute approximate surface area is 170 Å². The molecule has 0 saturated heterocycles. The number of aryl methyl sites for hydroxylation is 1. The third-order valence-corrected chi connectivity index (χ3v) is 5.06. The Morgan fingerprint density at radius 1 is 1.07 bits per heavy atom. The molecule has 1 N–H and O–H groups in total. The number of hydrogen-bond acceptors (Lipinski definition) is 7. The van der Waals surface area contributed by atoms with E-state index in [0.29, 0.717) is 12.5 Å². The Kier molecular flexibility index (Phi) is 5.46. The molecule has 150 valence electrons. The van der Waals surface area contributed by atoms with Crippen molar-refractivity contribution in [3.63, 3.8) is 0 Å². The van der Waals surface area contributed by atoms with Crippen LogP contribution in [0.5, 0.6) is 11.5 Å². The number of pyridine rings is 1. The Hall–Kier alpha value is -3.35. The van der Waals surface area contributed by atoms with E-state index < -0.39 is 0 Å². The number of benzene rings is 1. The lowest BCUT2D eigenvalue weighted by atomic mass is 9.99. The van der Waals surface area contributed by atoms with Crippen molar-refractivity contribution in [3.8, 4) is 11.5 Å². The number of nitrogens with one attached hydrogen (secondary N) is 1. The van der Waals surface area contributed by atoms with Gasteiger partial charge in [-0.2, -0.15) is 4.98 Å². The van der Waals surface area contributed by atoms with Crippen LogP contribution < -0.4 is 19.7 Å². The zero-order chi connectivity index (χ0) is 20.2. The molecule has 0 spiro atoms. The number of rotatable bonds is 6. The fourth-order valence-electron chi connectivity index (χ4n) is 3.56. The summed E-state index contributed by atoms with van der Waals surface area (Å²) in [7, 11) is 3.34. The molecular weight excluding hydrogens is 366 g/mol. The van der Waals surface area contributed by atoms with Gasteiger partial charge in [0.1, 0.15) is 5.82 Å². The van der Waals surface area contributed by atoms with Crippen LogP contribution in [0, 0.1) is 6.92 Å². The normalized spacial score (nSPS) is 13.0. The average Bonchev–Trinajstić information content (AvgIpc) is 2.76. The molecule has 1 aliphatic rings. The predicted octanol–water partition coefficient (Wildman–Crippen LogP) is 3.37. The van der Waals surface area contributed by atoms with Gasteiger partial charge in [-0.05, 0) is 48.2 Å². The summed E-state index contributed by atoms with van der Waals surface area (Å²) in [5.41, 5.74) is 4.54. The molecule has 7 heteroatoms. The summed E-state index contributed by atoms with van der Waals surface area (Å²) in [5, 5.41) is 3.31. The summed E-state index contributed by atoms with van der Waals surface area (Å²) in [6.07, 6.45) is 4.54. The first-order chi connectivity index (χ1) is 14.2. The fourth-order valence-corrected chi connectivity index (χ4v) is 3.56. The molecule has 29 heavy (non-hydrogen) atoms. The van der Waals surface area contributed by atoms with E-state index >= 15 is 0 Å². The molecule has 0 aliphatic carbocycles. The first kappa shape index (κ1) is 19.0. The number of aromatic nitrogens is 3. The summed E-state index contributed by atoms with van der Waals surface area (Å²) in [6.45, 7) is 4.29. The van der Waals surface area contributed by atoms with Crippen molar-refractivity contribution in [2.45, 2.75) is 26.4 Å². The highest BCUT2D eigenvalue weighted by Crippen LogP contribution is 2.34. The molecule has 2 aromatic heterocycles. The molecular formula is C22H25N5O2. The lowest BCUT2D eigenvalue weighted by molar-refractivity contribution is 0.353. The highest BCUT2D eigenvalue weighted by molar-refractivity contribution is 5.53. The summed E-state index contributed by atoms with van der Waals surface area (Å²) >= 11 is 0. The zero-order valence-corrected chi connectivity index (χ0v) is 17.0. The van der Waals surface area contributed by atoms with Crippen LogP contribution in [0.4, 0.5) is 11.8 Å². The van der Waals surface area contributed by atoms with E-state index in [4.69, 9.17) is 14.5 Å². The van der Waals surface area contributed by atoms with Crippen LogP contribution in [0.3, 0.4) is 0 Å². The molecule has 0 bridgehead atoms. The number of hydrogen-bond donors (Lipinski definition) is 1. The molecule has 3 heterocycles. The minimum atomic E-state index is 0.627. The maximum Gasteiger partial charge on any atom is 0.225 e. The highest BCUT2D eigenvalue weighted by Gasteiger charge is 2.21. The van der Waals surface area contributed by atoms with Crippen LogP contribution >= 0.6 is 0 Å². The molecule has 4 rings (SSSR count). The van der Waals surface area contributed by atoms with Crippen molar-refractivity contribution < 1.29 is 9.47 Å². The lowest BCUT2D eigenvalue weighted by Gasteiger charge is -2.30. The zero-order valence-electron chi connectivity index (χ0n) is 17.0. The number of fused-ring (bicyclic) bond motifs is 1. The van der Waals surface area contributed by atoms with Gasteiger partial charge >= 0.3 is 0 Å². The van der Waals surface area contributed by atoms with Crippen molar-refractivity contribution in [3.05, 3.63) is 65.1 Å². The molecule has 1 aromatic carbocycles. The van der Waals surface area contributed by atoms with Gasteiger partial charge in [0.25, 0.3) is 0 Å². The van der Waals surface area contributed by atoms with E-state index in [9.17, 15) is 0 Å². The van der Waals surface area contributed by atoms with Gasteiger partial charge in [0.15, 0.2) is 11.5 Å². The smallest absolute Gasteiger partial charge is 0.225 e. The Morgan fingerprint density at radius 2 is 1.86 bits per heavy atom. The highest BCUT2D eigenvalue weighted by atomic mass is 16.5. The second kappa shape index (κ2) is 8.34. The predicted molar refractivity (Wildman–Crippen MR) is 113 cm³/mol. The SMILES string of the molecule is COc1cc2c(cc1OC)CN(c1cc(C)nc(NCc3cccnc3)n1)CC2. The van der Waals surface area contributed by atoms with Gasteiger partial charge in [-0.3, -0.25) is 4.98 Å². The van der Waals surface area contributed by atoms with Gasteiger partial charge in [0.05, 0.1) is 14.2 Å². The van der Waals surface area contributed by atoms with Crippen molar-refractivity contribution in [2.24, 2.45) is 0 Å². The summed E-state index contributed by atoms with van der Waals surface area (Å²) < 4.78 is 10.9. The second-order valence-electron chi connectivity index (χ2n) is 7.05. The van der Waals surface area contributed by atoms with Crippen LogP contribution in [0.1, 0.15) is 22.4 Å². The Morgan fingerprint density at radius 3 is 2.59 bits per heavy atom. The van der Waals surface area contributed by atoms with Crippen molar-refractivity contribution in [1.82, 2.24) is 15.0 Å². The third-order valence-electron chi connectivity index (χ3n) is 5.06. The largest absolute Gasteiger partial charge is 0.493 e. The molecule has 0 unspecified atom stereocenters. The van der Waals surface area contributed by atoms with Gasteiger partial charge < -0.3 is 19.7 Å². The molecule has 0 amide bonds. The Balaban J connectivity index is 1.54. The molecule has 3 aromatic rings. The van der Waals surface area contributed by atoms with Crippen LogP contribution in [0.15, 0.2) is 42.7 Å². The van der Waals surface area contributed by atoms with Crippen LogP contribution in [0.25, 0.3) is 0 Å². The van der Waals surface area contributed by atoms with E-state index in [-0.39, 0.29) is 0 Å². The topological polar surface area (TPSA) is 72.4 Å². The van der Waals surface area contributed by atoms with Crippen LogP contribution in [-0.2, 0) is 19.5 Å². The maximum absolute atomic E-state index is 5.47. The standard InChI is InChI=1S/C22H25N5O2/c1-15-9-21(26-22(25-15)24-13-16-5-4-7-23-12-16)27-8-6-17-10-19(28-2)20(29-3)11-18(17)14-27/h4-5,7,9-12H,6,8,13-14H2,1-3H3,(H,24,25,26). The summed E-state index contributed by atoms with van der Waals surface area (Å²) in [5.74, 6) is 3.08. The quantitative estimate of drug-likeness (QED) is 0.691. The fraction of sp³-hybridized carbons (Fsp3) is 0.318. The van der Waals surface area contributed by atoms with Gasteiger partial charge in [-0.25, -0.2) is 4.98 Å². The maximum atomic E-state index is 5.47. The number of ether oxygens (including phenoxy) is 2. The van der Waals surface area contributed by atoms with Crippen molar-refractivity contribution in [1.29, 1.82) is 0 Å². The van der Waals surface area contributed by atoms with Gasteiger partial charge in [-0.1, -0.05) is 6.07 Å². The van der Waals surface area contributed by atoms with E-state index in [1.807, 2.05) is 31.3 Å². The first-order valence-electron chi connectivity index (χ1n) is 9.63. The van der Waals surface area contributed by atoms with Gasteiger partial charge in [-0.15, -0.1) is 0 Å². The first-order valence-corrected chi connectivity index (χ1v) is 9.63. The minimum absolute atomic E-state index is 0.627. The van der Waals surface area contributed by atoms with Crippen LogP contribution in [0.2, 0.25) is 0 Å². The second-order valence-corrected chi connectivity index (χ2v) is 7.05. The number of nitrogens with zero attached hydrogens (tertiary/aromatic N) is 4.